The van der Waals surface area contributed by atoms with E-state index in [2.05, 4.69) is 84.2 Å². The lowest BCUT2D eigenvalue weighted by molar-refractivity contribution is 0.379. The third-order valence-electron chi connectivity index (χ3n) is 4.96. The van der Waals surface area contributed by atoms with E-state index in [1.807, 2.05) is 18.2 Å². The molecule has 0 N–H and O–H groups in total. The first-order chi connectivity index (χ1) is 13.0. The van der Waals surface area contributed by atoms with E-state index in [0.717, 1.165) is 5.92 Å². The molecule has 0 saturated carbocycles. The van der Waals surface area contributed by atoms with Crippen molar-refractivity contribution in [3.8, 4) is 0 Å². The van der Waals surface area contributed by atoms with E-state index in [-0.39, 0.29) is 0 Å². The maximum Gasteiger partial charge on any atom is -0.0206 e. The molecular formula is C27H42. The second-order valence-corrected chi connectivity index (χ2v) is 7.69. The van der Waals surface area contributed by atoms with E-state index in [0.29, 0.717) is 11.8 Å². The van der Waals surface area contributed by atoms with Gasteiger partial charge in [-0.25, -0.2) is 0 Å². The number of allylic oxidation sites excluding steroid dienone is 6. The van der Waals surface area contributed by atoms with Crippen LogP contribution in [0.25, 0.3) is 0 Å². The van der Waals surface area contributed by atoms with Crippen molar-refractivity contribution in [2.45, 2.75) is 72.6 Å². The Labute approximate surface area is 169 Å². The summed E-state index contributed by atoms with van der Waals surface area (Å²) in [5, 5.41) is 0. The third-order valence-corrected chi connectivity index (χ3v) is 4.96. The molecule has 0 bridgehead atoms. The predicted molar refractivity (Wildman–Crippen MR) is 125 cm³/mol. The fourth-order valence-electron chi connectivity index (χ4n) is 3.08. The minimum Gasteiger partial charge on any atom is -0.0999 e. The van der Waals surface area contributed by atoms with Crippen LogP contribution in [0.3, 0.4) is 0 Å². The fraction of sp³-hybridized carbons (Fsp3) is 0.481. The van der Waals surface area contributed by atoms with Gasteiger partial charge in [0.15, 0.2) is 0 Å². The van der Waals surface area contributed by atoms with Gasteiger partial charge < -0.3 is 0 Å². The molecule has 0 fully saturated rings. The topological polar surface area (TPSA) is 0 Å². The zero-order chi connectivity index (χ0) is 20.5. The highest BCUT2D eigenvalue weighted by Crippen LogP contribution is 2.27. The van der Waals surface area contributed by atoms with Crippen LogP contribution in [0.15, 0.2) is 79.4 Å². The van der Waals surface area contributed by atoms with E-state index in [1.54, 1.807) is 6.08 Å². The van der Waals surface area contributed by atoms with Gasteiger partial charge in [-0.15, -0.1) is 0 Å². The summed E-state index contributed by atoms with van der Waals surface area (Å²) < 4.78 is 0. The van der Waals surface area contributed by atoms with Crippen LogP contribution in [-0.4, -0.2) is 0 Å². The Hall–Kier alpha value is -1.82. The maximum absolute atomic E-state index is 4.14. The average molecular weight is 367 g/mol. The molecule has 150 valence electrons. The van der Waals surface area contributed by atoms with Crippen molar-refractivity contribution in [1.29, 1.82) is 0 Å². The first-order valence-electron chi connectivity index (χ1n) is 10.6. The van der Waals surface area contributed by atoms with Crippen molar-refractivity contribution in [2.24, 2.45) is 11.8 Å². The summed E-state index contributed by atoms with van der Waals surface area (Å²) in [7, 11) is 0. The van der Waals surface area contributed by atoms with Crippen molar-refractivity contribution >= 4 is 0 Å². The van der Waals surface area contributed by atoms with Crippen LogP contribution in [0.4, 0.5) is 0 Å². The largest absolute Gasteiger partial charge is 0.0999 e. The molecular weight excluding hydrogens is 324 g/mol. The zero-order valence-corrected chi connectivity index (χ0v) is 18.5. The highest BCUT2D eigenvalue weighted by Gasteiger charge is 2.14. The van der Waals surface area contributed by atoms with Crippen LogP contribution in [0.1, 0.15) is 78.2 Å². The van der Waals surface area contributed by atoms with E-state index in [9.17, 15) is 0 Å². The van der Waals surface area contributed by atoms with Gasteiger partial charge in [-0.1, -0.05) is 120 Å². The minimum absolute atomic E-state index is 0.659. The van der Waals surface area contributed by atoms with Crippen molar-refractivity contribution in [3.05, 3.63) is 85.0 Å². The molecule has 0 amide bonds. The van der Waals surface area contributed by atoms with Gasteiger partial charge in [0.25, 0.3) is 0 Å². The van der Waals surface area contributed by atoms with Crippen LogP contribution in [-0.2, 0) is 0 Å². The van der Waals surface area contributed by atoms with Gasteiger partial charge in [0, 0.05) is 0 Å². The van der Waals surface area contributed by atoms with Crippen LogP contribution in [0.5, 0.6) is 0 Å². The van der Waals surface area contributed by atoms with Crippen LogP contribution < -0.4 is 0 Å². The van der Waals surface area contributed by atoms with Gasteiger partial charge in [0.1, 0.15) is 0 Å². The normalized spacial score (nSPS) is 13.4. The third kappa shape index (κ3) is 13.1. The predicted octanol–water partition coefficient (Wildman–Crippen LogP) is 8.89. The Kier molecular flexibility index (Phi) is 15.3. The summed E-state index contributed by atoms with van der Waals surface area (Å²) >= 11 is 0. The summed E-state index contributed by atoms with van der Waals surface area (Å²) in [6.07, 6.45) is 16.5. The molecule has 0 aliphatic rings. The Balaban J connectivity index is 0.000000621. The standard InChI is InChI=1S/C18H30.C9H12/c1-6-9-10-11-12-14-17(8-3)15-18(13-7-2)16(4)5;1-8(2)9-6-4-3-5-7-9/h6,9-12,17-18H,1,4,7-8,13-15H2,2-3,5H3;3-8H,1-2H3/b10-9-,12-11-;/t17-,18?;/m1./s1. The molecule has 1 rings (SSSR count). The molecule has 0 nitrogen and oxygen atoms in total. The summed E-state index contributed by atoms with van der Waals surface area (Å²) in [5.41, 5.74) is 2.77. The van der Waals surface area contributed by atoms with Crippen molar-refractivity contribution in [2.75, 3.05) is 0 Å². The van der Waals surface area contributed by atoms with Gasteiger partial charge in [-0.3, -0.25) is 0 Å². The highest BCUT2D eigenvalue weighted by atomic mass is 14.2. The Morgan fingerprint density at radius 2 is 1.70 bits per heavy atom. The SMILES string of the molecule is C=C/C=C\C=C/C[C@@H](CC)CC(CCC)C(=C)C.CC(C)c1ccccc1. The van der Waals surface area contributed by atoms with Gasteiger partial charge in [-0.05, 0) is 49.5 Å². The van der Waals surface area contributed by atoms with E-state index < -0.39 is 0 Å². The molecule has 1 aromatic carbocycles. The molecule has 0 heteroatoms. The van der Waals surface area contributed by atoms with Gasteiger partial charge in [0.05, 0.1) is 0 Å². The lowest BCUT2D eigenvalue weighted by Crippen LogP contribution is -2.09. The molecule has 1 unspecified atom stereocenters. The van der Waals surface area contributed by atoms with Gasteiger partial charge >= 0.3 is 0 Å². The molecule has 0 radical (unpaired) electrons. The molecule has 27 heavy (non-hydrogen) atoms. The van der Waals surface area contributed by atoms with Crippen LogP contribution in [0.2, 0.25) is 0 Å². The van der Waals surface area contributed by atoms with Crippen molar-refractivity contribution < 1.29 is 0 Å². The fourth-order valence-corrected chi connectivity index (χ4v) is 3.08. The van der Waals surface area contributed by atoms with Gasteiger partial charge in [0.2, 0.25) is 0 Å². The van der Waals surface area contributed by atoms with Crippen LogP contribution in [0, 0.1) is 11.8 Å². The lowest BCUT2D eigenvalue weighted by atomic mass is 9.84. The number of hydrogen-bond donors (Lipinski definition) is 0. The quantitative estimate of drug-likeness (QED) is 0.271. The molecule has 0 aliphatic heterocycles. The smallest absolute Gasteiger partial charge is 0.0206 e. The van der Waals surface area contributed by atoms with Crippen LogP contribution >= 0.6 is 0 Å². The molecule has 1 aromatic rings. The second kappa shape index (κ2) is 16.4. The van der Waals surface area contributed by atoms with Gasteiger partial charge in [-0.2, -0.15) is 0 Å². The Morgan fingerprint density at radius 1 is 1.04 bits per heavy atom. The summed E-state index contributed by atoms with van der Waals surface area (Å²) in [6.45, 7) is 18.9. The second-order valence-electron chi connectivity index (χ2n) is 7.69. The molecule has 0 spiro atoms. The molecule has 0 heterocycles. The molecule has 2 atom stereocenters. The molecule has 0 aliphatic carbocycles. The average Bonchev–Trinajstić information content (AvgIpc) is 2.67. The minimum atomic E-state index is 0.659. The van der Waals surface area contributed by atoms with Crippen molar-refractivity contribution in [1.82, 2.24) is 0 Å². The summed E-state index contributed by atoms with van der Waals surface area (Å²) in [4.78, 5) is 0. The number of hydrogen-bond acceptors (Lipinski definition) is 0. The number of rotatable bonds is 11. The molecule has 0 aromatic heterocycles. The maximum atomic E-state index is 4.14. The first kappa shape index (κ1) is 25.2. The Bertz CT molecular complexity index is 545. The van der Waals surface area contributed by atoms with Crippen molar-refractivity contribution in [3.63, 3.8) is 0 Å². The highest BCUT2D eigenvalue weighted by molar-refractivity contribution is 5.17. The molecule has 0 saturated heterocycles. The Morgan fingerprint density at radius 3 is 2.15 bits per heavy atom. The summed E-state index contributed by atoms with van der Waals surface area (Å²) in [5.74, 6) is 2.15. The monoisotopic (exact) mass is 366 g/mol. The van der Waals surface area contributed by atoms with E-state index in [4.69, 9.17) is 0 Å². The van der Waals surface area contributed by atoms with E-state index >= 15 is 0 Å². The lowest BCUT2D eigenvalue weighted by Gasteiger charge is -2.22. The summed E-state index contributed by atoms with van der Waals surface area (Å²) in [6, 6.07) is 10.5. The van der Waals surface area contributed by atoms with E-state index in [1.165, 1.54) is 43.2 Å². The zero-order valence-electron chi connectivity index (χ0n) is 18.5. The number of benzene rings is 1. The first-order valence-corrected chi connectivity index (χ1v) is 10.6.